The zero-order valence-corrected chi connectivity index (χ0v) is 10.9. The third-order valence-corrected chi connectivity index (χ3v) is 2.64. The lowest BCUT2D eigenvalue weighted by Crippen LogP contribution is -2.41. The average Bonchev–Trinajstić information content (AvgIpc) is 2.40. The molecule has 1 N–H and O–H groups in total. The first kappa shape index (κ1) is 15.5. The fraction of sp³-hybridized carbons (Fsp3) is 0.727. The Labute approximate surface area is 110 Å². The summed E-state index contributed by atoms with van der Waals surface area (Å²) in [6.07, 6.45) is -0.199. The minimum atomic E-state index is -1.02. The minimum absolute atomic E-state index is 0.0443. The number of nitrogens with zero attached hydrogens (tertiary/aromatic N) is 3. The maximum absolute atomic E-state index is 11.7. The Morgan fingerprint density at radius 3 is 3.00 bits per heavy atom. The highest BCUT2D eigenvalue weighted by molar-refractivity contribution is 5.89. The van der Waals surface area contributed by atoms with Crippen LogP contribution in [0.1, 0.15) is 13.3 Å². The van der Waals surface area contributed by atoms with Gasteiger partial charge in [-0.2, -0.15) is 0 Å². The average molecular weight is 271 g/mol. The van der Waals surface area contributed by atoms with E-state index in [0.29, 0.717) is 5.57 Å². The first-order valence-electron chi connectivity index (χ1n) is 5.84. The molecular formula is C11H17N3O5. The lowest BCUT2D eigenvalue weighted by Gasteiger charge is -2.30. The number of carbonyl (C=O) groups is 1. The Morgan fingerprint density at radius 2 is 2.42 bits per heavy atom. The van der Waals surface area contributed by atoms with E-state index in [0.717, 1.165) is 0 Å². The van der Waals surface area contributed by atoms with Crippen LogP contribution in [-0.2, 0) is 19.0 Å². The van der Waals surface area contributed by atoms with Crippen molar-refractivity contribution in [2.75, 3.05) is 20.5 Å². The van der Waals surface area contributed by atoms with Gasteiger partial charge in [-0.3, -0.25) is 0 Å². The maximum atomic E-state index is 11.7. The van der Waals surface area contributed by atoms with Crippen LogP contribution in [0.25, 0.3) is 10.4 Å². The molecule has 0 fully saturated rings. The number of methoxy groups -OCH3 is 1. The van der Waals surface area contributed by atoms with Crippen molar-refractivity contribution in [3.8, 4) is 0 Å². The van der Waals surface area contributed by atoms with Crippen LogP contribution >= 0.6 is 0 Å². The second-order valence-corrected chi connectivity index (χ2v) is 3.92. The molecule has 0 amide bonds. The largest absolute Gasteiger partial charge is 0.463 e. The van der Waals surface area contributed by atoms with Gasteiger partial charge in [0.1, 0.15) is 12.9 Å². The Balaban J connectivity index is 2.89. The van der Waals surface area contributed by atoms with Crippen LogP contribution < -0.4 is 0 Å². The molecule has 0 aromatic rings. The molecule has 0 saturated carbocycles. The number of esters is 1. The smallest absolute Gasteiger partial charge is 0.333 e. The van der Waals surface area contributed by atoms with Crippen molar-refractivity contribution in [1.82, 2.24) is 0 Å². The van der Waals surface area contributed by atoms with Gasteiger partial charge in [0.15, 0.2) is 0 Å². The van der Waals surface area contributed by atoms with Gasteiger partial charge in [0, 0.05) is 17.6 Å². The molecule has 3 atom stereocenters. The zero-order chi connectivity index (χ0) is 14.3. The molecule has 1 aliphatic carbocycles. The highest BCUT2D eigenvalue weighted by Crippen LogP contribution is 2.25. The van der Waals surface area contributed by atoms with E-state index in [9.17, 15) is 9.90 Å². The van der Waals surface area contributed by atoms with E-state index in [1.165, 1.54) is 13.2 Å². The van der Waals surface area contributed by atoms with Crippen LogP contribution in [0.3, 0.4) is 0 Å². The van der Waals surface area contributed by atoms with Gasteiger partial charge >= 0.3 is 5.97 Å². The quantitative estimate of drug-likeness (QED) is 0.253. The summed E-state index contributed by atoms with van der Waals surface area (Å²) >= 11 is 0. The SMILES string of the molecule is CCOC(=O)C1=C[C@@H](OCOC)[C@@H](O)[C@H](N=[N+]=[N-])C1. The van der Waals surface area contributed by atoms with Crippen LogP contribution in [-0.4, -0.2) is 49.8 Å². The molecule has 8 heteroatoms. The number of aliphatic hydroxyl groups excluding tert-OH is 1. The number of rotatable bonds is 6. The molecule has 0 saturated heterocycles. The number of carbonyl (C=O) groups excluding carboxylic acids is 1. The van der Waals surface area contributed by atoms with Crippen molar-refractivity contribution in [3.05, 3.63) is 22.1 Å². The monoisotopic (exact) mass is 271 g/mol. The molecule has 0 heterocycles. The van der Waals surface area contributed by atoms with E-state index in [-0.39, 0.29) is 19.8 Å². The summed E-state index contributed by atoms with van der Waals surface area (Å²) in [6.45, 7) is 1.89. The van der Waals surface area contributed by atoms with Crippen molar-refractivity contribution in [3.63, 3.8) is 0 Å². The van der Waals surface area contributed by atoms with Gasteiger partial charge in [-0.25, -0.2) is 4.79 Å². The van der Waals surface area contributed by atoms with Gasteiger partial charge in [-0.05, 0) is 25.0 Å². The number of ether oxygens (including phenoxy) is 3. The summed E-state index contributed by atoms with van der Waals surface area (Å²) in [5, 5.41) is 13.5. The van der Waals surface area contributed by atoms with E-state index in [4.69, 9.17) is 19.7 Å². The summed E-state index contributed by atoms with van der Waals surface area (Å²) in [7, 11) is 1.44. The normalized spacial score (nSPS) is 26.3. The van der Waals surface area contributed by atoms with E-state index in [1.54, 1.807) is 6.92 Å². The Morgan fingerprint density at radius 1 is 1.68 bits per heavy atom. The number of hydrogen-bond acceptors (Lipinski definition) is 6. The molecule has 0 radical (unpaired) electrons. The molecular weight excluding hydrogens is 254 g/mol. The summed E-state index contributed by atoms with van der Waals surface area (Å²) in [5.41, 5.74) is 8.80. The van der Waals surface area contributed by atoms with Crippen LogP contribution in [0.5, 0.6) is 0 Å². The van der Waals surface area contributed by atoms with E-state index >= 15 is 0 Å². The Hall–Kier alpha value is -1.60. The summed E-state index contributed by atoms with van der Waals surface area (Å²) in [5.74, 6) is -0.501. The van der Waals surface area contributed by atoms with Gasteiger partial charge in [0.05, 0.1) is 18.8 Å². The molecule has 1 aliphatic rings. The van der Waals surface area contributed by atoms with Gasteiger partial charge in [0.25, 0.3) is 0 Å². The summed E-state index contributed by atoms with van der Waals surface area (Å²) in [4.78, 5) is 14.3. The molecule has 19 heavy (non-hydrogen) atoms. The lowest BCUT2D eigenvalue weighted by atomic mass is 9.90. The third-order valence-electron chi connectivity index (χ3n) is 2.64. The minimum Gasteiger partial charge on any atom is -0.463 e. The first-order chi connectivity index (χ1) is 9.13. The van der Waals surface area contributed by atoms with Crippen molar-refractivity contribution in [2.24, 2.45) is 5.11 Å². The summed E-state index contributed by atoms with van der Waals surface area (Å²) in [6, 6.07) is -0.767. The van der Waals surface area contributed by atoms with E-state index < -0.39 is 24.2 Å². The van der Waals surface area contributed by atoms with Crippen molar-refractivity contribution in [1.29, 1.82) is 0 Å². The second kappa shape index (κ2) is 7.75. The third kappa shape index (κ3) is 4.22. The first-order valence-corrected chi connectivity index (χ1v) is 5.84. The molecule has 0 aromatic carbocycles. The van der Waals surface area contributed by atoms with Crippen LogP contribution in [0.2, 0.25) is 0 Å². The van der Waals surface area contributed by atoms with Gasteiger partial charge in [0.2, 0.25) is 0 Å². The van der Waals surface area contributed by atoms with Gasteiger partial charge in [-0.15, -0.1) is 0 Å². The van der Waals surface area contributed by atoms with Crippen molar-refractivity contribution in [2.45, 2.75) is 31.6 Å². The maximum Gasteiger partial charge on any atom is 0.333 e. The molecule has 0 bridgehead atoms. The van der Waals surface area contributed by atoms with Crippen LogP contribution in [0.15, 0.2) is 16.8 Å². The van der Waals surface area contributed by atoms with Crippen LogP contribution in [0, 0.1) is 0 Å². The topological polar surface area (TPSA) is 114 Å². The Kier molecular flexibility index (Phi) is 6.31. The van der Waals surface area contributed by atoms with Gasteiger partial charge in [-0.1, -0.05) is 5.11 Å². The number of aliphatic hydroxyl groups is 1. The lowest BCUT2D eigenvalue weighted by molar-refractivity contribution is -0.140. The van der Waals surface area contributed by atoms with Crippen LogP contribution in [0.4, 0.5) is 0 Å². The molecule has 1 rings (SSSR count). The molecule has 106 valence electrons. The molecule has 0 aromatic heterocycles. The second-order valence-electron chi connectivity index (χ2n) is 3.92. The number of hydrogen-bond donors (Lipinski definition) is 1. The molecule has 0 unspecified atom stereocenters. The molecule has 0 aliphatic heterocycles. The van der Waals surface area contributed by atoms with Gasteiger partial charge < -0.3 is 19.3 Å². The van der Waals surface area contributed by atoms with Crippen molar-refractivity contribution < 1.29 is 24.1 Å². The zero-order valence-electron chi connectivity index (χ0n) is 10.9. The number of azide groups is 1. The predicted molar refractivity (Wildman–Crippen MR) is 65.0 cm³/mol. The van der Waals surface area contributed by atoms with E-state index in [2.05, 4.69) is 10.0 Å². The Bertz CT molecular complexity index is 392. The fourth-order valence-electron chi connectivity index (χ4n) is 1.77. The highest BCUT2D eigenvalue weighted by atomic mass is 16.7. The fourth-order valence-corrected chi connectivity index (χ4v) is 1.77. The molecule has 8 nitrogen and oxygen atoms in total. The summed E-state index contributed by atoms with van der Waals surface area (Å²) < 4.78 is 14.9. The molecule has 0 spiro atoms. The van der Waals surface area contributed by atoms with Crippen molar-refractivity contribution >= 4 is 5.97 Å². The predicted octanol–water partition coefficient (Wildman–Crippen LogP) is 0.908. The standard InChI is InChI=1S/C11H17N3O5/c1-3-18-11(16)7-4-8(13-14-12)10(15)9(5-7)19-6-17-2/h5,8-10,15H,3-4,6H2,1-2H3/t8-,9-,10+/m1/s1. The van der Waals surface area contributed by atoms with E-state index in [1.807, 2.05) is 0 Å². The highest BCUT2D eigenvalue weighted by Gasteiger charge is 2.34.